The summed E-state index contributed by atoms with van der Waals surface area (Å²) in [6, 6.07) is 3.04. The molecule has 10 heteroatoms. The molecule has 1 heterocycles. The van der Waals surface area contributed by atoms with Crippen LogP contribution in [0.3, 0.4) is 0 Å². The number of rotatable bonds is 4. The van der Waals surface area contributed by atoms with E-state index in [9.17, 15) is 22.0 Å². The number of aryl methyl sites for hydroxylation is 3. The van der Waals surface area contributed by atoms with Gasteiger partial charge in [0.2, 0.25) is 10.0 Å². The summed E-state index contributed by atoms with van der Waals surface area (Å²) in [6.45, 7) is 1.66. The van der Waals surface area contributed by atoms with Gasteiger partial charge in [-0.25, -0.2) is 17.8 Å². The number of sulfonamides is 1. The maximum Gasteiger partial charge on any atom is 0.355 e. The van der Waals surface area contributed by atoms with Crippen molar-refractivity contribution in [2.45, 2.75) is 27.3 Å². The maximum atomic E-state index is 12.9. The average Bonchev–Trinajstić information content (AvgIpc) is 2.66. The SMILES string of the molecule is Cc1cc(C)c(-n2nc(C)n(C(F)F)c2=O)cc1NS(C)(=O)=O. The maximum absolute atomic E-state index is 12.9. The molecule has 0 spiro atoms. The molecule has 0 unspecified atom stereocenters. The number of halogens is 2. The Hall–Kier alpha value is -2.23. The van der Waals surface area contributed by atoms with Crippen LogP contribution in [0.4, 0.5) is 14.5 Å². The fourth-order valence-corrected chi connectivity index (χ4v) is 2.86. The first-order valence-corrected chi connectivity index (χ1v) is 8.46. The second-order valence-electron chi connectivity index (χ2n) is 5.22. The molecule has 0 radical (unpaired) electrons. The molecule has 0 bridgehead atoms. The summed E-state index contributed by atoms with van der Waals surface area (Å²) in [5.74, 6) is -0.136. The number of alkyl halides is 2. The van der Waals surface area contributed by atoms with Gasteiger partial charge >= 0.3 is 12.2 Å². The molecule has 0 atom stereocenters. The number of hydrogen-bond donors (Lipinski definition) is 1. The van der Waals surface area contributed by atoms with Crippen LogP contribution in [0.1, 0.15) is 23.5 Å². The standard InChI is InChI=1S/C13H16F2N4O3S/c1-7-5-8(2)11(6-10(7)17-23(4,21)22)19-13(20)18(12(14)15)9(3)16-19/h5-6,12,17H,1-4H3. The van der Waals surface area contributed by atoms with E-state index in [-0.39, 0.29) is 21.8 Å². The van der Waals surface area contributed by atoms with E-state index in [0.717, 1.165) is 10.9 Å². The minimum Gasteiger partial charge on any atom is -0.283 e. The Morgan fingerprint density at radius 1 is 1.17 bits per heavy atom. The summed E-state index contributed by atoms with van der Waals surface area (Å²) >= 11 is 0. The Labute approximate surface area is 131 Å². The molecular weight excluding hydrogens is 330 g/mol. The quantitative estimate of drug-likeness (QED) is 0.913. The second kappa shape index (κ2) is 5.76. The summed E-state index contributed by atoms with van der Waals surface area (Å²) < 4.78 is 52.0. The highest BCUT2D eigenvalue weighted by atomic mass is 32.2. The summed E-state index contributed by atoms with van der Waals surface area (Å²) in [7, 11) is -3.52. The van der Waals surface area contributed by atoms with Gasteiger partial charge in [-0.15, -0.1) is 0 Å². The largest absolute Gasteiger partial charge is 0.355 e. The van der Waals surface area contributed by atoms with Gasteiger partial charge in [0.05, 0.1) is 17.6 Å². The van der Waals surface area contributed by atoms with Gasteiger partial charge in [0.15, 0.2) is 0 Å². The van der Waals surface area contributed by atoms with Gasteiger partial charge in [-0.3, -0.25) is 4.72 Å². The monoisotopic (exact) mass is 346 g/mol. The lowest BCUT2D eigenvalue weighted by atomic mass is 10.1. The van der Waals surface area contributed by atoms with Crippen molar-refractivity contribution < 1.29 is 17.2 Å². The van der Waals surface area contributed by atoms with E-state index in [2.05, 4.69) is 9.82 Å². The van der Waals surface area contributed by atoms with E-state index in [1.165, 1.54) is 13.0 Å². The number of nitrogens with zero attached hydrogens (tertiary/aromatic N) is 3. The van der Waals surface area contributed by atoms with E-state index in [1.807, 2.05) is 0 Å². The van der Waals surface area contributed by atoms with Crippen molar-refractivity contribution in [2.75, 3.05) is 11.0 Å². The molecule has 0 aliphatic rings. The first kappa shape index (κ1) is 17.1. The zero-order valence-corrected chi connectivity index (χ0v) is 13.8. The Kier molecular flexibility index (Phi) is 4.29. The summed E-state index contributed by atoms with van der Waals surface area (Å²) in [4.78, 5) is 12.1. The minimum absolute atomic E-state index is 0.136. The van der Waals surface area contributed by atoms with Gasteiger partial charge in [-0.05, 0) is 38.0 Å². The zero-order chi connectivity index (χ0) is 17.5. The van der Waals surface area contributed by atoms with E-state index in [0.29, 0.717) is 11.1 Å². The third kappa shape index (κ3) is 3.41. The summed E-state index contributed by atoms with van der Waals surface area (Å²) in [5, 5.41) is 3.84. The number of hydrogen-bond acceptors (Lipinski definition) is 4. The normalized spacial score (nSPS) is 12.0. The predicted molar refractivity (Wildman–Crippen MR) is 81.8 cm³/mol. The Morgan fingerprint density at radius 3 is 2.26 bits per heavy atom. The zero-order valence-electron chi connectivity index (χ0n) is 13.0. The number of benzene rings is 1. The third-order valence-electron chi connectivity index (χ3n) is 3.24. The molecule has 0 saturated heterocycles. The van der Waals surface area contributed by atoms with Crippen molar-refractivity contribution >= 4 is 15.7 Å². The summed E-state index contributed by atoms with van der Waals surface area (Å²) in [6.07, 6.45) is 0.994. The van der Waals surface area contributed by atoms with Crippen LogP contribution in [0.15, 0.2) is 16.9 Å². The molecule has 2 aromatic rings. The van der Waals surface area contributed by atoms with Crippen LogP contribution < -0.4 is 10.4 Å². The van der Waals surface area contributed by atoms with E-state index >= 15 is 0 Å². The molecule has 0 amide bonds. The highest BCUT2D eigenvalue weighted by Crippen LogP contribution is 2.24. The highest BCUT2D eigenvalue weighted by Gasteiger charge is 2.20. The lowest BCUT2D eigenvalue weighted by Gasteiger charge is -2.12. The van der Waals surface area contributed by atoms with Crippen LogP contribution in [-0.2, 0) is 10.0 Å². The Bertz CT molecular complexity index is 916. The van der Waals surface area contributed by atoms with Gasteiger partial charge in [0.25, 0.3) is 0 Å². The molecule has 0 aliphatic heterocycles. The lowest BCUT2D eigenvalue weighted by molar-refractivity contribution is 0.0640. The van der Waals surface area contributed by atoms with Crippen LogP contribution in [0.5, 0.6) is 0 Å². The van der Waals surface area contributed by atoms with Crippen LogP contribution in [0, 0.1) is 20.8 Å². The van der Waals surface area contributed by atoms with Crippen molar-refractivity contribution in [1.29, 1.82) is 0 Å². The molecule has 1 N–H and O–H groups in total. The third-order valence-corrected chi connectivity index (χ3v) is 3.83. The molecule has 7 nitrogen and oxygen atoms in total. The van der Waals surface area contributed by atoms with Crippen molar-refractivity contribution in [3.8, 4) is 5.69 Å². The molecule has 0 saturated carbocycles. The molecule has 23 heavy (non-hydrogen) atoms. The highest BCUT2D eigenvalue weighted by molar-refractivity contribution is 7.92. The fraction of sp³-hybridized carbons (Fsp3) is 0.385. The molecule has 1 aromatic heterocycles. The average molecular weight is 346 g/mol. The molecule has 0 fully saturated rings. The van der Waals surface area contributed by atoms with Crippen molar-refractivity contribution in [2.24, 2.45) is 0 Å². The Balaban J connectivity index is 2.68. The van der Waals surface area contributed by atoms with Crippen LogP contribution in [0.25, 0.3) is 5.69 Å². The molecule has 0 aliphatic carbocycles. The Morgan fingerprint density at radius 2 is 1.78 bits per heavy atom. The van der Waals surface area contributed by atoms with E-state index < -0.39 is 22.3 Å². The van der Waals surface area contributed by atoms with Crippen molar-refractivity contribution in [1.82, 2.24) is 14.3 Å². The van der Waals surface area contributed by atoms with Gasteiger partial charge in [0, 0.05) is 0 Å². The van der Waals surface area contributed by atoms with E-state index in [4.69, 9.17) is 0 Å². The van der Waals surface area contributed by atoms with E-state index in [1.54, 1.807) is 19.9 Å². The van der Waals surface area contributed by atoms with Crippen molar-refractivity contribution in [3.05, 3.63) is 39.6 Å². The van der Waals surface area contributed by atoms with Crippen molar-refractivity contribution in [3.63, 3.8) is 0 Å². The lowest BCUT2D eigenvalue weighted by Crippen LogP contribution is -2.25. The summed E-state index contributed by atoms with van der Waals surface area (Å²) in [5.41, 5.74) is 0.727. The molecule has 126 valence electrons. The topological polar surface area (TPSA) is 86.0 Å². The van der Waals surface area contributed by atoms with Gasteiger partial charge in [0.1, 0.15) is 5.82 Å². The van der Waals surface area contributed by atoms with Gasteiger partial charge in [-0.1, -0.05) is 6.07 Å². The first-order valence-electron chi connectivity index (χ1n) is 6.57. The molecular formula is C13H16F2N4O3S. The van der Waals surface area contributed by atoms with Crippen LogP contribution in [0.2, 0.25) is 0 Å². The molecule has 2 rings (SSSR count). The van der Waals surface area contributed by atoms with Gasteiger partial charge in [-0.2, -0.15) is 18.6 Å². The minimum atomic E-state index is -3.52. The fourth-order valence-electron chi connectivity index (χ4n) is 2.24. The number of nitrogens with one attached hydrogen (secondary N) is 1. The van der Waals surface area contributed by atoms with Crippen LogP contribution in [-0.4, -0.2) is 29.0 Å². The van der Waals surface area contributed by atoms with Crippen LogP contribution >= 0.6 is 0 Å². The number of aromatic nitrogens is 3. The second-order valence-corrected chi connectivity index (χ2v) is 6.97. The predicted octanol–water partition coefficient (Wildman–Crippen LogP) is 1.73. The number of anilines is 1. The first-order chi connectivity index (χ1) is 10.5. The smallest absolute Gasteiger partial charge is 0.283 e. The molecule has 1 aromatic carbocycles. The van der Waals surface area contributed by atoms with Gasteiger partial charge < -0.3 is 0 Å².